The summed E-state index contributed by atoms with van der Waals surface area (Å²) in [6.45, 7) is 5.38. The fraction of sp³-hybridized carbons (Fsp3) is 0.185. The normalized spacial score (nSPS) is 13.2. The number of carbonyl (C=O) groups is 1. The fourth-order valence-electron chi connectivity index (χ4n) is 4.14. The summed E-state index contributed by atoms with van der Waals surface area (Å²) in [5.74, 6) is 0. The highest BCUT2D eigenvalue weighted by molar-refractivity contribution is 7.90. The van der Waals surface area contributed by atoms with Crippen LogP contribution in [0.15, 0.2) is 90.1 Å². The maximum absolute atomic E-state index is 13.6. The van der Waals surface area contributed by atoms with Crippen molar-refractivity contribution in [3.63, 3.8) is 0 Å². The van der Waals surface area contributed by atoms with Crippen molar-refractivity contribution in [2.45, 2.75) is 37.4 Å². The number of rotatable bonds is 4. The van der Waals surface area contributed by atoms with Crippen LogP contribution in [-0.2, 0) is 14.8 Å². The van der Waals surface area contributed by atoms with Crippen molar-refractivity contribution in [1.82, 2.24) is 13.5 Å². The zero-order valence-corrected chi connectivity index (χ0v) is 20.8. The molecule has 0 aliphatic carbocycles. The van der Waals surface area contributed by atoms with Crippen LogP contribution in [0.3, 0.4) is 0 Å². The highest BCUT2D eigenvalue weighted by atomic mass is 32.2. The van der Waals surface area contributed by atoms with Crippen molar-refractivity contribution >= 4 is 38.1 Å². The molecule has 0 amide bonds. The lowest BCUT2D eigenvalue weighted by molar-refractivity contribution is 0.0544. The third kappa shape index (κ3) is 4.16. The van der Waals surface area contributed by atoms with Crippen LogP contribution in [-0.4, -0.2) is 38.7 Å². The van der Waals surface area contributed by atoms with E-state index in [0.29, 0.717) is 21.9 Å². The summed E-state index contributed by atoms with van der Waals surface area (Å²) in [4.78, 5) is 17.0. The largest absolute Gasteiger partial charge is 0.443 e. The van der Waals surface area contributed by atoms with Gasteiger partial charge < -0.3 is 9.84 Å². The molecule has 1 N–H and O–H groups in total. The molecule has 0 saturated heterocycles. The summed E-state index contributed by atoms with van der Waals surface area (Å²) in [5, 5.41) is 12.7. The number of fused-ring (bicyclic) bond motifs is 2. The molecule has 36 heavy (non-hydrogen) atoms. The van der Waals surface area contributed by atoms with Crippen LogP contribution in [0.2, 0.25) is 0 Å². The van der Waals surface area contributed by atoms with E-state index in [1.807, 2.05) is 0 Å². The summed E-state index contributed by atoms with van der Waals surface area (Å²) in [6, 6.07) is 20.0. The second kappa shape index (κ2) is 8.61. The highest BCUT2D eigenvalue weighted by Gasteiger charge is 2.28. The summed E-state index contributed by atoms with van der Waals surface area (Å²) in [7, 11) is -4.04. The SMILES string of the molecule is CC(C)(C)OC(=O)n1ccc2cc(C(O)c3cc4cccnc4n3S(=O)(=O)c3ccccc3)ccc21. The number of benzene rings is 2. The number of carbonyl (C=O) groups excluding carboxylic acids is 1. The molecule has 8 nitrogen and oxygen atoms in total. The standard InChI is InChI=1S/C27H25N3O5S/c1-27(2,3)35-26(32)29-15-13-18-16-19(11-12-22(18)29)24(31)23-17-20-8-7-14-28-25(20)30(23)36(33,34)21-9-5-4-6-10-21/h4-17,24,31H,1-3H3. The topological polar surface area (TPSA) is 103 Å². The molecule has 0 saturated carbocycles. The first-order chi connectivity index (χ1) is 17.1. The minimum absolute atomic E-state index is 0.0893. The van der Waals surface area contributed by atoms with Crippen LogP contribution >= 0.6 is 0 Å². The van der Waals surface area contributed by atoms with Crippen molar-refractivity contribution in [3.8, 4) is 0 Å². The molecule has 184 valence electrons. The second-order valence-electron chi connectivity index (χ2n) is 9.45. The van der Waals surface area contributed by atoms with Gasteiger partial charge in [0.05, 0.1) is 16.1 Å². The Bertz CT molecular complexity index is 1700. The molecule has 0 radical (unpaired) electrons. The van der Waals surface area contributed by atoms with E-state index >= 15 is 0 Å². The lowest BCUT2D eigenvalue weighted by Crippen LogP contribution is -2.26. The van der Waals surface area contributed by atoms with Gasteiger partial charge in [-0.05, 0) is 74.9 Å². The van der Waals surface area contributed by atoms with E-state index in [1.165, 1.54) is 22.9 Å². The quantitative estimate of drug-likeness (QED) is 0.366. The van der Waals surface area contributed by atoms with Crippen LogP contribution in [0.25, 0.3) is 21.9 Å². The van der Waals surface area contributed by atoms with Crippen molar-refractivity contribution in [3.05, 3.63) is 96.4 Å². The van der Waals surface area contributed by atoms with Gasteiger partial charge in [0.15, 0.2) is 5.65 Å². The van der Waals surface area contributed by atoms with Crippen molar-refractivity contribution < 1.29 is 23.1 Å². The summed E-state index contributed by atoms with van der Waals surface area (Å²) in [6.07, 6.45) is 1.34. The van der Waals surface area contributed by atoms with Gasteiger partial charge >= 0.3 is 6.09 Å². The predicted molar refractivity (Wildman–Crippen MR) is 136 cm³/mol. The number of hydrogen-bond acceptors (Lipinski definition) is 6. The predicted octanol–water partition coefficient (Wildman–Crippen LogP) is 5.09. The van der Waals surface area contributed by atoms with E-state index in [9.17, 15) is 18.3 Å². The minimum atomic E-state index is -4.04. The van der Waals surface area contributed by atoms with E-state index in [1.54, 1.807) is 87.6 Å². The fourth-order valence-corrected chi connectivity index (χ4v) is 5.67. The lowest BCUT2D eigenvalue weighted by Gasteiger charge is -2.20. The van der Waals surface area contributed by atoms with Gasteiger partial charge in [0.1, 0.15) is 11.7 Å². The van der Waals surface area contributed by atoms with E-state index in [0.717, 1.165) is 3.97 Å². The average Bonchev–Trinajstić information content (AvgIpc) is 3.45. The Morgan fingerprint density at radius 2 is 1.72 bits per heavy atom. The second-order valence-corrected chi connectivity index (χ2v) is 11.2. The molecule has 3 aromatic heterocycles. The van der Waals surface area contributed by atoms with Gasteiger partial charge in [0.25, 0.3) is 10.0 Å². The van der Waals surface area contributed by atoms with Crippen LogP contribution in [0.1, 0.15) is 38.1 Å². The Labute approximate surface area is 208 Å². The zero-order chi connectivity index (χ0) is 25.7. The number of hydrogen-bond donors (Lipinski definition) is 1. The Balaban J connectivity index is 1.61. The maximum atomic E-state index is 13.6. The third-order valence-corrected chi connectivity index (χ3v) is 7.46. The average molecular weight is 504 g/mol. The molecular weight excluding hydrogens is 478 g/mol. The molecule has 0 aliphatic heterocycles. The molecule has 0 aliphatic rings. The molecule has 1 atom stereocenters. The summed E-state index contributed by atoms with van der Waals surface area (Å²) < 4.78 is 35.2. The molecule has 0 bridgehead atoms. The Morgan fingerprint density at radius 3 is 2.44 bits per heavy atom. The summed E-state index contributed by atoms with van der Waals surface area (Å²) in [5.41, 5.74) is 0.831. The van der Waals surface area contributed by atoms with E-state index in [-0.39, 0.29) is 16.2 Å². The van der Waals surface area contributed by atoms with Crippen molar-refractivity contribution in [2.24, 2.45) is 0 Å². The van der Waals surface area contributed by atoms with Crippen molar-refractivity contribution in [1.29, 1.82) is 0 Å². The van der Waals surface area contributed by atoms with Gasteiger partial charge in [-0.15, -0.1) is 0 Å². The molecule has 3 heterocycles. The van der Waals surface area contributed by atoms with Crippen LogP contribution < -0.4 is 0 Å². The van der Waals surface area contributed by atoms with Gasteiger partial charge in [0, 0.05) is 23.2 Å². The smallest absolute Gasteiger partial charge is 0.418 e. The van der Waals surface area contributed by atoms with Gasteiger partial charge in [-0.3, -0.25) is 4.57 Å². The molecule has 1 unspecified atom stereocenters. The van der Waals surface area contributed by atoms with Crippen LogP contribution in [0.4, 0.5) is 4.79 Å². The number of aromatic nitrogens is 3. The van der Waals surface area contributed by atoms with E-state index in [4.69, 9.17) is 4.74 Å². The number of pyridine rings is 1. The first kappa shape index (κ1) is 23.8. The first-order valence-corrected chi connectivity index (χ1v) is 12.8. The lowest BCUT2D eigenvalue weighted by atomic mass is 10.0. The molecule has 5 aromatic rings. The first-order valence-electron chi connectivity index (χ1n) is 11.4. The minimum Gasteiger partial charge on any atom is -0.443 e. The van der Waals surface area contributed by atoms with Crippen LogP contribution in [0.5, 0.6) is 0 Å². The van der Waals surface area contributed by atoms with E-state index in [2.05, 4.69) is 4.98 Å². The third-order valence-electron chi connectivity index (χ3n) is 5.73. The van der Waals surface area contributed by atoms with Gasteiger partial charge in [-0.2, -0.15) is 0 Å². The number of nitrogens with zero attached hydrogens (tertiary/aromatic N) is 3. The van der Waals surface area contributed by atoms with Crippen LogP contribution in [0, 0.1) is 0 Å². The monoisotopic (exact) mass is 503 g/mol. The molecule has 5 rings (SSSR count). The summed E-state index contributed by atoms with van der Waals surface area (Å²) >= 11 is 0. The van der Waals surface area contributed by atoms with Crippen molar-refractivity contribution in [2.75, 3.05) is 0 Å². The highest BCUT2D eigenvalue weighted by Crippen LogP contribution is 2.32. The number of aliphatic hydroxyl groups is 1. The van der Waals surface area contributed by atoms with Gasteiger partial charge in [-0.25, -0.2) is 22.2 Å². The Morgan fingerprint density at radius 1 is 0.972 bits per heavy atom. The molecule has 9 heteroatoms. The van der Waals surface area contributed by atoms with Gasteiger partial charge in [0.2, 0.25) is 0 Å². The number of ether oxygens (including phenoxy) is 1. The molecule has 0 fully saturated rings. The zero-order valence-electron chi connectivity index (χ0n) is 20.0. The van der Waals surface area contributed by atoms with E-state index < -0.39 is 27.8 Å². The number of aliphatic hydroxyl groups excluding tert-OH is 1. The molecular formula is C27H25N3O5S. The Hall–Kier alpha value is -3.95. The van der Waals surface area contributed by atoms with Gasteiger partial charge in [-0.1, -0.05) is 24.3 Å². The maximum Gasteiger partial charge on any atom is 0.418 e. The Kier molecular flexibility index (Phi) is 5.69. The molecule has 0 spiro atoms. The molecule has 2 aromatic carbocycles.